The Labute approximate surface area is 114 Å². The van der Waals surface area contributed by atoms with E-state index in [2.05, 4.69) is 0 Å². The van der Waals surface area contributed by atoms with Crippen LogP contribution in [0, 0.1) is 10.1 Å². The lowest BCUT2D eigenvalue weighted by Crippen LogP contribution is -2.09. The first-order chi connectivity index (χ1) is 8.93. The molecule has 1 N–H and O–H groups in total. The largest absolute Gasteiger partial charge is 0.480 e. The quantitative estimate of drug-likeness (QED) is 0.641. The summed E-state index contributed by atoms with van der Waals surface area (Å²) in [6.45, 7) is 1.19. The molecule has 0 atom stereocenters. The Morgan fingerprint density at radius 2 is 2.26 bits per heavy atom. The molecule has 0 aliphatic heterocycles. The standard InChI is InChI=1S/C12H12ClNO5/c1-2-9(14(17)18)5-8-3-4-11(10(13)6-8)19-7-12(15)16/h3-6H,2,7H2,1H3,(H,15,16)/b9-5+. The van der Waals surface area contributed by atoms with Crippen molar-refractivity contribution in [2.45, 2.75) is 13.3 Å². The molecular formula is C12H12ClNO5. The molecule has 1 aromatic carbocycles. The van der Waals surface area contributed by atoms with Gasteiger partial charge in [-0.25, -0.2) is 4.79 Å². The third-order valence-corrected chi connectivity index (χ3v) is 2.53. The summed E-state index contributed by atoms with van der Waals surface area (Å²) < 4.78 is 4.95. The number of nitrogens with zero attached hydrogens (tertiary/aromatic N) is 1. The van der Waals surface area contributed by atoms with Crippen molar-refractivity contribution >= 4 is 23.6 Å². The zero-order chi connectivity index (χ0) is 14.4. The summed E-state index contributed by atoms with van der Waals surface area (Å²) >= 11 is 5.90. The number of ether oxygens (including phenoxy) is 1. The number of halogens is 1. The van der Waals surface area contributed by atoms with Gasteiger partial charge in [-0.1, -0.05) is 24.6 Å². The Morgan fingerprint density at radius 3 is 2.74 bits per heavy atom. The van der Waals surface area contributed by atoms with Crippen LogP contribution in [-0.4, -0.2) is 22.6 Å². The maximum Gasteiger partial charge on any atom is 0.341 e. The average molecular weight is 286 g/mol. The fourth-order valence-corrected chi connectivity index (χ4v) is 1.58. The van der Waals surface area contributed by atoms with Crippen LogP contribution in [0.4, 0.5) is 0 Å². The molecule has 0 saturated carbocycles. The third-order valence-electron chi connectivity index (χ3n) is 2.24. The maximum absolute atomic E-state index is 10.7. The molecule has 1 rings (SSSR count). The topological polar surface area (TPSA) is 89.7 Å². The monoisotopic (exact) mass is 285 g/mol. The Balaban J connectivity index is 2.93. The normalized spacial score (nSPS) is 11.2. The number of benzene rings is 1. The lowest BCUT2D eigenvalue weighted by molar-refractivity contribution is -0.425. The molecule has 0 amide bonds. The van der Waals surface area contributed by atoms with Crippen LogP contribution in [0.5, 0.6) is 5.75 Å². The first kappa shape index (κ1) is 15.0. The minimum atomic E-state index is -1.11. The predicted molar refractivity (Wildman–Crippen MR) is 69.8 cm³/mol. The van der Waals surface area contributed by atoms with E-state index in [-0.39, 0.29) is 16.5 Å². The summed E-state index contributed by atoms with van der Waals surface area (Å²) in [5.41, 5.74) is 0.622. The molecule has 0 aliphatic rings. The van der Waals surface area contributed by atoms with Crippen molar-refractivity contribution < 1.29 is 19.6 Å². The van der Waals surface area contributed by atoms with Gasteiger partial charge in [0.05, 0.1) is 9.95 Å². The summed E-state index contributed by atoms with van der Waals surface area (Å²) in [5, 5.41) is 19.4. The number of hydrogen-bond donors (Lipinski definition) is 1. The molecule has 0 saturated heterocycles. The maximum atomic E-state index is 10.7. The lowest BCUT2D eigenvalue weighted by Gasteiger charge is -2.06. The summed E-state index contributed by atoms with van der Waals surface area (Å²) in [6.07, 6.45) is 1.70. The second-order valence-electron chi connectivity index (χ2n) is 3.62. The van der Waals surface area contributed by atoms with Gasteiger partial charge < -0.3 is 9.84 Å². The van der Waals surface area contributed by atoms with Crippen LogP contribution in [0.25, 0.3) is 6.08 Å². The first-order valence-electron chi connectivity index (χ1n) is 5.43. The molecule has 102 valence electrons. The molecule has 0 heterocycles. The van der Waals surface area contributed by atoms with E-state index in [1.54, 1.807) is 13.0 Å². The molecule has 0 unspecified atom stereocenters. The van der Waals surface area contributed by atoms with E-state index in [4.69, 9.17) is 21.4 Å². The van der Waals surface area contributed by atoms with Gasteiger partial charge in [-0.2, -0.15) is 0 Å². The molecule has 0 aromatic heterocycles. The van der Waals surface area contributed by atoms with Crippen LogP contribution in [0.3, 0.4) is 0 Å². The lowest BCUT2D eigenvalue weighted by atomic mass is 10.1. The van der Waals surface area contributed by atoms with Gasteiger partial charge in [0.2, 0.25) is 5.70 Å². The molecule has 0 radical (unpaired) electrons. The molecule has 0 spiro atoms. The van der Waals surface area contributed by atoms with Crippen LogP contribution < -0.4 is 4.74 Å². The minimum Gasteiger partial charge on any atom is -0.480 e. The number of allylic oxidation sites excluding steroid dienone is 1. The minimum absolute atomic E-state index is 0.0651. The fraction of sp³-hybridized carbons (Fsp3) is 0.250. The van der Waals surface area contributed by atoms with E-state index in [1.165, 1.54) is 18.2 Å². The summed E-state index contributed by atoms with van der Waals surface area (Å²) in [4.78, 5) is 20.6. The van der Waals surface area contributed by atoms with Crippen LogP contribution in [0.2, 0.25) is 5.02 Å². The van der Waals surface area contributed by atoms with Gasteiger partial charge in [-0.05, 0) is 17.7 Å². The van der Waals surface area contributed by atoms with Crippen molar-refractivity contribution in [3.05, 3.63) is 44.6 Å². The molecule has 0 aliphatic carbocycles. The van der Waals surface area contributed by atoms with Gasteiger partial charge in [-0.3, -0.25) is 10.1 Å². The van der Waals surface area contributed by atoms with E-state index >= 15 is 0 Å². The van der Waals surface area contributed by atoms with E-state index in [9.17, 15) is 14.9 Å². The van der Waals surface area contributed by atoms with Crippen molar-refractivity contribution in [3.8, 4) is 5.75 Å². The number of nitro groups is 1. The Hall–Kier alpha value is -2.08. The van der Waals surface area contributed by atoms with Gasteiger partial charge in [-0.15, -0.1) is 0 Å². The molecule has 6 nitrogen and oxygen atoms in total. The van der Waals surface area contributed by atoms with Crippen molar-refractivity contribution in [2.75, 3.05) is 6.61 Å². The molecule has 0 fully saturated rings. The van der Waals surface area contributed by atoms with E-state index < -0.39 is 17.5 Å². The highest BCUT2D eigenvalue weighted by atomic mass is 35.5. The zero-order valence-electron chi connectivity index (χ0n) is 10.1. The van der Waals surface area contributed by atoms with Crippen molar-refractivity contribution in [2.24, 2.45) is 0 Å². The number of hydrogen-bond acceptors (Lipinski definition) is 4. The van der Waals surface area contributed by atoms with Gasteiger partial charge in [0.1, 0.15) is 5.75 Å². The first-order valence-corrected chi connectivity index (χ1v) is 5.81. The second kappa shape index (κ2) is 6.75. The third kappa shape index (κ3) is 4.59. The summed E-state index contributed by atoms with van der Waals surface area (Å²) in [5.74, 6) is -0.887. The summed E-state index contributed by atoms with van der Waals surface area (Å²) in [7, 11) is 0. The van der Waals surface area contributed by atoms with Crippen LogP contribution in [-0.2, 0) is 4.79 Å². The number of aliphatic carboxylic acids is 1. The van der Waals surface area contributed by atoms with Crippen LogP contribution in [0.15, 0.2) is 23.9 Å². The highest BCUT2D eigenvalue weighted by molar-refractivity contribution is 6.32. The zero-order valence-corrected chi connectivity index (χ0v) is 10.9. The number of carboxylic acid groups (broad SMARTS) is 1. The van der Waals surface area contributed by atoms with Crippen molar-refractivity contribution in [3.63, 3.8) is 0 Å². The number of carboxylic acids is 1. The molecule has 0 bridgehead atoms. The van der Waals surface area contributed by atoms with E-state index in [1.807, 2.05) is 0 Å². The number of rotatable bonds is 6. The second-order valence-corrected chi connectivity index (χ2v) is 4.03. The Morgan fingerprint density at radius 1 is 1.58 bits per heavy atom. The van der Waals surface area contributed by atoms with Crippen molar-refractivity contribution in [1.29, 1.82) is 0 Å². The van der Waals surface area contributed by atoms with Crippen LogP contribution in [0.1, 0.15) is 18.9 Å². The van der Waals surface area contributed by atoms with E-state index in [0.717, 1.165) is 0 Å². The SMILES string of the molecule is CC/C(=C\c1ccc(OCC(=O)O)c(Cl)c1)[N+](=O)[O-]. The average Bonchev–Trinajstić information content (AvgIpc) is 2.34. The Bertz CT molecular complexity index is 527. The molecule has 1 aromatic rings. The van der Waals surface area contributed by atoms with Crippen molar-refractivity contribution in [1.82, 2.24) is 0 Å². The predicted octanol–water partition coefficient (Wildman–Crippen LogP) is 2.83. The Kier molecular flexibility index (Phi) is 5.32. The highest BCUT2D eigenvalue weighted by Gasteiger charge is 2.09. The summed E-state index contributed by atoms with van der Waals surface area (Å²) in [6, 6.07) is 4.53. The smallest absolute Gasteiger partial charge is 0.341 e. The number of carbonyl (C=O) groups is 1. The van der Waals surface area contributed by atoms with Gasteiger partial charge >= 0.3 is 5.97 Å². The van der Waals surface area contributed by atoms with Crippen LogP contribution >= 0.6 is 11.6 Å². The van der Waals surface area contributed by atoms with Gasteiger partial charge in [0.25, 0.3) is 0 Å². The highest BCUT2D eigenvalue weighted by Crippen LogP contribution is 2.26. The molecular weight excluding hydrogens is 274 g/mol. The molecule has 7 heteroatoms. The van der Waals surface area contributed by atoms with Gasteiger partial charge in [0, 0.05) is 12.5 Å². The van der Waals surface area contributed by atoms with E-state index in [0.29, 0.717) is 12.0 Å². The van der Waals surface area contributed by atoms with Gasteiger partial charge in [0.15, 0.2) is 6.61 Å². The molecule has 19 heavy (non-hydrogen) atoms. The fourth-order valence-electron chi connectivity index (χ4n) is 1.34.